The van der Waals surface area contributed by atoms with Crippen molar-refractivity contribution in [2.75, 3.05) is 0 Å². The molecule has 7 N–H and O–H groups in total. The fraction of sp³-hybridized carbons (Fsp3) is 0. The third kappa shape index (κ3) is 2.67. The predicted octanol–water partition coefficient (Wildman–Crippen LogP) is -0.534. The molecule has 0 radical (unpaired) electrons. The number of pyridine rings is 1. The Kier molecular flexibility index (Phi) is 6.21. The molecule has 0 bridgehead atoms. The Labute approximate surface area is 80.6 Å². The fourth-order valence-electron chi connectivity index (χ4n) is 1.05. The number of hydrogen-bond donors (Lipinski definition) is 1. The van der Waals surface area contributed by atoms with E-state index in [1.807, 2.05) is 18.2 Å². The first-order valence-electron chi connectivity index (χ1n) is 3.40. The number of aromatic hydroxyl groups is 1. The topological polar surface area (TPSA) is 128 Å². The van der Waals surface area contributed by atoms with E-state index >= 15 is 0 Å². The monoisotopic (exact) mass is 199 g/mol. The first-order valence-corrected chi connectivity index (χ1v) is 3.40. The Hall–Kier alpha value is -1.69. The van der Waals surface area contributed by atoms with E-state index in [4.69, 9.17) is 5.11 Å². The molecule has 1 aromatic heterocycles. The van der Waals surface area contributed by atoms with E-state index in [0.29, 0.717) is 0 Å². The van der Waals surface area contributed by atoms with Crippen LogP contribution in [0, 0.1) is 0 Å². The molecule has 0 amide bonds. The van der Waals surface area contributed by atoms with Crippen LogP contribution in [-0.4, -0.2) is 26.5 Å². The van der Waals surface area contributed by atoms with E-state index in [-0.39, 0.29) is 22.2 Å². The molecule has 78 valence electrons. The molecular formula is C9H13NO4. The molecule has 0 aliphatic carbocycles. The maximum atomic E-state index is 9.09. The van der Waals surface area contributed by atoms with Crippen LogP contribution in [0.3, 0.4) is 0 Å². The van der Waals surface area contributed by atoms with Gasteiger partial charge < -0.3 is 21.5 Å². The van der Waals surface area contributed by atoms with Crippen LogP contribution >= 0.6 is 0 Å². The summed E-state index contributed by atoms with van der Waals surface area (Å²) in [6.45, 7) is 0. The number of benzene rings is 1. The van der Waals surface area contributed by atoms with E-state index in [2.05, 4.69) is 4.98 Å². The lowest BCUT2D eigenvalue weighted by atomic mass is 10.2. The average molecular weight is 199 g/mol. The molecule has 0 aliphatic rings. The summed E-state index contributed by atoms with van der Waals surface area (Å²) in [6.07, 6.45) is 1.71. The number of nitrogens with zero attached hydrogens (tertiary/aromatic N) is 1. The van der Waals surface area contributed by atoms with E-state index < -0.39 is 0 Å². The Morgan fingerprint density at radius 3 is 2.43 bits per heavy atom. The molecule has 0 saturated heterocycles. The van der Waals surface area contributed by atoms with Gasteiger partial charge in [0.25, 0.3) is 0 Å². The van der Waals surface area contributed by atoms with Gasteiger partial charge in [0.1, 0.15) is 5.75 Å². The quantitative estimate of drug-likeness (QED) is 0.611. The zero-order valence-corrected chi connectivity index (χ0v) is 7.36. The number of hydrogen-bond acceptors (Lipinski definition) is 2. The van der Waals surface area contributed by atoms with Crippen molar-refractivity contribution in [3.8, 4) is 5.75 Å². The molecule has 0 unspecified atom stereocenters. The molecule has 0 aliphatic heterocycles. The molecule has 5 nitrogen and oxygen atoms in total. The van der Waals surface area contributed by atoms with Crippen LogP contribution in [-0.2, 0) is 0 Å². The van der Waals surface area contributed by atoms with Crippen molar-refractivity contribution in [2.45, 2.75) is 0 Å². The maximum Gasteiger partial charge on any atom is 0.117 e. The van der Waals surface area contributed by atoms with Gasteiger partial charge in [-0.15, -0.1) is 0 Å². The minimum absolute atomic E-state index is 0. The van der Waals surface area contributed by atoms with E-state index in [1.165, 1.54) is 0 Å². The molecule has 14 heavy (non-hydrogen) atoms. The summed E-state index contributed by atoms with van der Waals surface area (Å²) in [5, 5.41) is 10.1. The van der Waals surface area contributed by atoms with E-state index in [1.54, 1.807) is 18.3 Å². The van der Waals surface area contributed by atoms with Gasteiger partial charge >= 0.3 is 0 Å². The highest BCUT2D eigenvalue weighted by atomic mass is 16.3. The second-order valence-electron chi connectivity index (χ2n) is 2.38. The minimum atomic E-state index is 0. The molecule has 1 heterocycles. The standard InChI is InChI=1S/C9H7NO.3H2O/c11-8-4-3-7-2-1-5-10-9(7)6-8;;;/h1-6,11H;3*1H2. The van der Waals surface area contributed by atoms with Gasteiger partial charge in [0, 0.05) is 17.6 Å². The van der Waals surface area contributed by atoms with Gasteiger partial charge in [0.05, 0.1) is 5.52 Å². The molecule has 1 aromatic carbocycles. The van der Waals surface area contributed by atoms with Crippen LogP contribution in [0.15, 0.2) is 36.5 Å². The molecular weight excluding hydrogens is 186 g/mol. The van der Waals surface area contributed by atoms with Gasteiger partial charge in [0.2, 0.25) is 0 Å². The molecule has 0 saturated carbocycles. The zero-order valence-electron chi connectivity index (χ0n) is 7.36. The number of phenolic OH excluding ortho intramolecular Hbond substituents is 1. The van der Waals surface area contributed by atoms with Gasteiger partial charge in [-0.3, -0.25) is 4.98 Å². The maximum absolute atomic E-state index is 9.09. The Balaban J connectivity index is 0. The van der Waals surface area contributed by atoms with Crippen LogP contribution in [0.4, 0.5) is 0 Å². The largest absolute Gasteiger partial charge is 0.508 e. The van der Waals surface area contributed by atoms with Crippen molar-refractivity contribution in [3.63, 3.8) is 0 Å². The number of fused-ring (bicyclic) bond motifs is 1. The van der Waals surface area contributed by atoms with Crippen molar-refractivity contribution in [3.05, 3.63) is 36.5 Å². The van der Waals surface area contributed by atoms with Gasteiger partial charge in [-0.05, 0) is 18.2 Å². The van der Waals surface area contributed by atoms with Crippen molar-refractivity contribution < 1.29 is 21.5 Å². The summed E-state index contributed by atoms with van der Waals surface area (Å²) >= 11 is 0. The SMILES string of the molecule is O.O.O.Oc1ccc2cccnc2c1. The lowest BCUT2D eigenvalue weighted by Crippen LogP contribution is -1.75. The highest BCUT2D eigenvalue weighted by Crippen LogP contribution is 2.16. The molecule has 0 fully saturated rings. The molecule has 2 rings (SSSR count). The molecule has 5 heteroatoms. The summed E-state index contributed by atoms with van der Waals surface area (Å²) in [6, 6.07) is 8.98. The van der Waals surface area contributed by atoms with E-state index in [0.717, 1.165) is 10.9 Å². The summed E-state index contributed by atoms with van der Waals surface area (Å²) < 4.78 is 0. The smallest absolute Gasteiger partial charge is 0.117 e. The second-order valence-corrected chi connectivity index (χ2v) is 2.38. The third-order valence-electron chi connectivity index (χ3n) is 1.59. The summed E-state index contributed by atoms with van der Waals surface area (Å²) in [5.41, 5.74) is 0.826. The van der Waals surface area contributed by atoms with Crippen LogP contribution < -0.4 is 0 Å². The summed E-state index contributed by atoms with van der Waals surface area (Å²) in [5.74, 6) is 0.260. The van der Waals surface area contributed by atoms with Crippen molar-refractivity contribution >= 4 is 10.9 Å². The van der Waals surface area contributed by atoms with Gasteiger partial charge in [-0.25, -0.2) is 0 Å². The van der Waals surface area contributed by atoms with E-state index in [9.17, 15) is 0 Å². The van der Waals surface area contributed by atoms with Gasteiger partial charge in [-0.1, -0.05) is 6.07 Å². The molecule has 2 aromatic rings. The Morgan fingerprint density at radius 2 is 1.71 bits per heavy atom. The fourth-order valence-corrected chi connectivity index (χ4v) is 1.05. The zero-order chi connectivity index (χ0) is 7.68. The lowest BCUT2D eigenvalue weighted by molar-refractivity contribution is 0.476. The summed E-state index contributed by atoms with van der Waals surface area (Å²) in [4.78, 5) is 4.08. The van der Waals surface area contributed by atoms with Crippen LogP contribution in [0.1, 0.15) is 0 Å². The lowest BCUT2D eigenvalue weighted by Gasteiger charge is -1.95. The minimum Gasteiger partial charge on any atom is -0.508 e. The number of rotatable bonds is 0. The Bertz CT molecular complexity index is 391. The number of aromatic nitrogens is 1. The highest BCUT2D eigenvalue weighted by Gasteiger charge is 1.92. The molecule has 0 atom stereocenters. The predicted molar refractivity (Wildman–Crippen MR) is 54.2 cm³/mol. The van der Waals surface area contributed by atoms with Crippen molar-refractivity contribution in [1.82, 2.24) is 4.98 Å². The normalized spacial score (nSPS) is 8.00. The number of phenols is 1. The van der Waals surface area contributed by atoms with Crippen LogP contribution in [0.2, 0.25) is 0 Å². The van der Waals surface area contributed by atoms with Crippen LogP contribution in [0.5, 0.6) is 5.75 Å². The Morgan fingerprint density at radius 1 is 1.00 bits per heavy atom. The highest BCUT2D eigenvalue weighted by molar-refractivity contribution is 5.79. The third-order valence-corrected chi connectivity index (χ3v) is 1.59. The van der Waals surface area contributed by atoms with Gasteiger partial charge in [0.15, 0.2) is 0 Å². The summed E-state index contributed by atoms with van der Waals surface area (Å²) in [7, 11) is 0. The first kappa shape index (κ1) is 14.8. The molecule has 0 spiro atoms. The van der Waals surface area contributed by atoms with Crippen LogP contribution in [0.25, 0.3) is 10.9 Å². The average Bonchev–Trinajstić information content (AvgIpc) is 2.04. The van der Waals surface area contributed by atoms with Crippen molar-refractivity contribution in [2.24, 2.45) is 0 Å². The second kappa shape index (κ2) is 5.87. The van der Waals surface area contributed by atoms with Crippen molar-refractivity contribution in [1.29, 1.82) is 0 Å². The van der Waals surface area contributed by atoms with Gasteiger partial charge in [-0.2, -0.15) is 0 Å². The first-order chi connectivity index (χ1) is 5.36.